The summed E-state index contributed by atoms with van der Waals surface area (Å²) in [6.45, 7) is 5.06. The summed E-state index contributed by atoms with van der Waals surface area (Å²) < 4.78 is 0. The second kappa shape index (κ2) is 14.8. The Morgan fingerprint density at radius 2 is 1.50 bits per heavy atom. The molecule has 0 spiro atoms. The fourth-order valence-corrected chi connectivity index (χ4v) is 2.29. The summed E-state index contributed by atoms with van der Waals surface area (Å²) in [5.41, 5.74) is 5.81. The van der Waals surface area contributed by atoms with Crippen molar-refractivity contribution < 1.29 is 4.79 Å². The van der Waals surface area contributed by atoms with Crippen LogP contribution in [0, 0.1) is 0 Å². The third kappa shape index (κ3) is 13.9. The van der Waals surface area contributed by atoms with E-state index in [-0.39, 0.29) is 11.9 Å². The van der Waals surface area contributed by atoms with Crippen molar-refractivity contribution in [2.24, 2.45) is 5.73 Å². The number of nitrogens with two attached hydrogens (primary N) is 1. The summed E-state index contributed by atoms with van der Waals surface area (Å²) in [6.07, 6.45) is 14.2. The van der Waals surface area contributed by atoms with Gasteiger partial charge in [0.15, 0.2) is 0 Å². The maximum absolute atomic E-state index is 11.6. The van der Waals surface area contributed by atoms with Gasteiger partial charge in [0, 0.05) is 19.0 Å². The summed E-state index contributed by atoms with van der Waals surface area (Å²) in [7, 11) is 0. The van der Waals surface area contributed by atoms with Crippen LogP contribution in [0.25, 0.3) is 0 Å². The quantitative estimate of drug-likeness (QED) is 0.471. The van der Waals surface area contributed by atoms with Crippen molar-refractivity contribution >= 4 is 5.91 Å². The Morgan fingerprint density at radius 1 is 0.950 bits per heavy atom. The van der Waals surface area contributed by atoms with Crippen molar-refractivity contribution in [3.63, 3.8) is 0 Å². The molecule has 0 heterocycles. The van der Waals surface area contributed by atoms with Crippen molar-refractivity contribution in [2.45, 2.75) is 96.9 Å². The topological polar surface area (TPSA) is 55.1 Å². The molecule has 0 aromatic heterocycles. The van der Waals surface area contributed by atoms with Gasteiger partial charge in [-0.3, -0.25) is 4.79 Å². The maximum Gasteiger partial charge on any atom is 0.219 e. The van der Waals surface area contributed by atoms with Gasteiger partial charge in [0.05, 0.1) is 0 Å². The molecule has 3 N–H and O–H groups in total. The van der Waals surface area contributed by atoms with Gasteiger partial charge in [-0.15, -0.1) is 0 Å². The zero-order valence-electron chi connectivity index (χ0n) is 13.8. The number of amides is 1. The van der Waals surface area contributed by atoms with Crippen molar-refractivity contribution in [3.8, 4) is 0 Å². The molecule has 0 aromatic carbocycles. The summed E-state index contributed by atoms with van der Waals surface area (Å²) in [6, 6.07) is 0.225. The van der Waals surface area contributed by atoms with Crippen LogP contribution in [0.1, 0.15) is 90.9 Å². The Balaban J connectivity index is 3.19. The number of nitrogens with one attached hydrogen (secondary N) is 1. The van der Waals surface area contributed by atoms with E-state index >= 15 is 0 Å². The lowest BCUT2D eigenvalue weighted by molar-refractivity contribution is -0.121. The third-order valence-electron chi connectivity index (χ3n) is 3.87. The van der Waals surface area contributed by atoms with Crippen molar-refractivity contribution in [2.75, 3.05) is 6.54 Å². The molecular weight excluding hydrogens is 248 g/mol. The third-order valence-corrected chi connectivity index (χ3v) is 3.87. The van der Waals surface area contributed by atoms with E-state index in [0.29, 0.717) is 6.42 Å². The molecular formula is C17H36N2O. The molecule has 0 rings (SSSR count). The van der Waals surface area contributed by atoms with Crippen molar-refractivity contribution in [1.29, 1.82) is 0 Å². The van der Waals surface area contributed by atoms with Gasteiger partial charge in [-0.1, -0.05) is 65.2 Å². The summed E-state index contributed by atoms with van der Waals surface area (Å²) in [4.78, 5) is 11.6. The minimum Gasteiger partial charge on any atom is -0.356 e. The Kier molecular flexibility index (Phi) is 14.4. The lowest BCUT2D eigenvalue weighted by Gasteiger charge is -2.09. The molecule has 1 atom stereocenters. The largest absolute Gasteiger partial charge is 0.356 e. The van der Waals surface area contributed by atoms with Crippen LogP contribution in [0.5, 0.6) is 0 Å². The smallest absolute Gasteiger partial charge is 0.219 e. The minimum atomic E-state index is 0.191. The average molecular weight is 284 g/mol. The van der Waals surface area contributed by atoms with Crippen molar-refractivity contribution in [3.05, 3.63) is 0 Å². The Bertz CT molecular complexity index is 219. The number of rotatable bonds is 14. The number of hydrogen-bond acceptors (Lipinski definition) is 2. The Morgan fingerprint density at radius 3 is 2.05 bits per heavy atom. The maximum atomic E-state index is 11.6. The molecule has 0 radical (unpaired) electrons. The van der Waals surface area contributed by atoms with E-state index in [9.17, 15) is 4.79 Å². The van der Waals surface area contributed by atoms with Crippen molar-refractivity contribution in [1.82, 2.24) is 5.32 Å². The first kappa shape index (κ1) is 19.4. The second-order valence-electron chi connectivity index (χ2n) is 5.89. The van der Waals surface area contributed by atoms with Crippen LogP contribution in [0.15, 0.2) is 0 Å². The molecule has 1 amide bonds. The van der Waals surface area contributed by atoms with E-state index in [1.807, 2.05) is 0 Å². The predicted molar refractivity (Wildman–Crippen MR) is 87.7 cm³/mol. The highest BCUT2D eigenvalue weighted by Gasteiger charge is 2.02. The first-order chi connectivity index (χ1) is 9.70. The van der Waals surface area contributed by atoms with Crippen LogP contribution in [-0.4, -0.2) is 18.5 Å². The Hall–Kier alpha value is -0.570. The first-order valence-corrected chi connectivity index (χ1v) is 8.73. The molecule has 120 valence electrons. The zero-order valence-corrected chi connectivity index (χ0v) is 13.8. The molecule has 0 bridgehead atoms. The monoisotopic (exact) mass is 284 g/mol. The molecule has 0 aliphatic heterocycles. The molecule has 0 fully saturated rings. The van der Waals surface area contributed by atoms with E-state index < -0.39 is 0 Å². The number of unbranched alkanes of at least 4 members (excludes halogenated alkanes) is 8. The fourth-order valence-electron chi connectivity index (χ4n) is 2.29. The van der Waals surface area contributed by atoms with Gasteiger partial charge in [0.1, 0.15) is 0 Å². The molecule has 3 nitrogen and oxygen atoms in total. The van der Waals surface area contributed by atoms with E-state index in [4.69, 9.17) is 5.73 Å². The highest BCUT2D eigenvalue weighted by atomic mass is 16.1. The lowest BCUT2D eigenvalue weighted by Crippen LogP contribution is -2.29. The second-order valence-corrected chi connectivity index (χ2v) is 5.89. The number of hydrogen-bond donors (Lipinski definition) is 2. The molecule has 0 aliphatic carbocycles. The standard InChI is InChI=1S/C17H36N2O/c1-3-5-6-7-8-9-10-11-12-13-17(20)19-15-14-16(18)4-2/h16H,3-15,18H2,1-2H3,(H,19,20). The van der Waals surface area contributed by atoms with Gasteiger partial charge in [-0.2, -0.15) is 0 Å². The zero-order chi connectivity index (χ0) is 15.1. The van der Waals surface area contributed by atoms with Crippen LogP contribution in [-0.2, 0) is 4.79 Å². The van der Waals surface area contributed by atoms with Crippen LogP contribution in [0.2, 0.25) is 0 Å². The first-order valence-electron chi connectivity index (χ1n) is 8.73. The Labute approximate surface area is 126 Å². The molecule has 0 saturated carbocycles. The highest BCUT2D eigenvalue weighted by molar-refractivity contribution is 5.75. The normalized spacial score (nSPS) is 12.3. The molecule has 3 heteroatoms. The lowest BCUT2D eigenvalue weighted by atomic mass is 10.1. The molecule has 1 unspecified atom stereocenters. The van der Waals surface area contributed by atoms with Crippen LogP contribution in [0.4, 0.5) is 0 Å². The van der Waals surface area contributed by atoms with Gasteiger partial charge in [-0.25, -0.2) is 0 Å². The van der Waals surface area contributed by atoms with E-state index in [0.717, 1.165) is 25.8 Å². The molecule has 20 heavy (non-hydrogen) atoms. The summed E-state index contributed by atoms with van der Waals surface area (Å²) >= 11 is 0. The van der Waals surface area contributed by atoms with Gasteiger partial charge in [0.2, 0.25) is 5.91 Å². The van der Waals surface area contributed by atoms with E-state index in [2.05, 4.69) is 19.2 Å². The fraction of sp³-hybridized carbons (Fsp3) is 0.941. The number of carbonyl (C=O) groups is 1. The van der Waals surface area contributed by atoms with E-state index in [1.54, 1.807) is 0 Å². The highest BCUT2D eigenvalue weighted by Crippen LogP contribution is 2.10. The van der Waals surface area contributed by atoms with Gasteiger partial charge in [-0.05, 0) is 19.3 Å². The van der Waals surface area contributed by atoms with Gasteiger partial charge >= 0.3 is 0 Å². The van der Waals surface area contributed by atoms with Crippen LogP contribution < -0.4 is 11.1 Å². The average Bonchev–Trinajstić information content (AvgIpc) is 2.45. The predicted octanol–water partition coefficient (Wildman–Crippen LogP) is 4.15. The van der Waals surface area contributed by atoms with Gasteiger partial charge in [0.25, 0.3) is 0 Å². The van der Waals surface area contributed by atoms with E-state index in [1.165, 1.54) is 51.4 Å². The SMILES string of the molecule is CCCCCCCCCCCC(=O)NCCC(N)CC. The number of carbonyl (C=O) groups excluding carboxylic acids is 1. The molecule has 0 aromatic rings. The summed E-state index contributed by atoms with van der Waals surface area (Å²) in [5, 5.41) is 2.95. The van der Waals surface area contributed by atoms with Crippen LogP contribution >= 0.6 is 0 Å². The minimum absolute atomic E-state index is 0.191. The molecule has 0 saturated heterocycles. The summed E-state index contributed by atoms with van der Waals surface area (Å²) in [5.74, 6) is 0.191. The van der Waals surface area contributed by atoms with Gasteiger partial charge < -0.3 is 11.1 Å². The van der Waals surface area contributed by atoms with Crippen LogP contribution in [0.3, 0.4) is 0 Å². The molecule has 0 aliphatic rings.